The Morgan fingerprint density at radius 1 is 1.10 bits per heavy atom. The summed E-state index contributed by atoms with van der Waals surface area (Å²) in [6, 6.07) is 14.4. The summed E-state index contributed by atoms with van der Waals surface area (Å²) < 4.78 is 4.90. The Kier molecular flexibility index (Phi) is 3.42. The van der Waals surface area contributed by atoms with Gasteiger partial charge in [0, 0.05) is 11.4 Å². The summed E-state index contributed by atoms with van der Waals surface area (Å²) in [7, 11) is 0. The number of para-hydroxylation sites is 1. The maximum Gasteiger partial charge on any atom is 0.417 e. The van der Waals surface area contributed by atoms with E-state index in [0.29, 0.717) is 16.8 Å². The normalized spacial score (nSPS) is 10.5. The van der Waals surface area contributed by atoms with Crippen molar-refractivity contribution in [3.8, 4) is 0 Å². The summed E-state index contributed by atoms with van der Waals surface area (Å²) in [5, 5.41) is 5.77. The van der Waals surface area contributed by atoms with E-state index in [1.54, 1.807) is 18.2 Å². The molecule has 0 aliphatic rings. The van der Waals surface area contributed by atoms with E-state index in [4.69, 9.17) is 4.42 Å². The molecule has 3 N–H and O–H groups in total. The van der Waals surface area contributed by atoms with Crippen LogP contribution in [-0.4, -0.2) is 17.4 Å². The van der Waals surface area contributed by atoms with Crippen molar-refractivity contribution in [2.45, 2.75) is 0 Å². The summed E-state index contributed by atoms with van der Waals surface area (Å²) in [5.74, 6) is -0.691. The zero-order chi connectivity index (χ0) is 14.7. The van der Waals surface area contributed by atoms with Crippen LogP contribution in [0.2, 0.25) is 0 Å². The van der Waals surface area contributed by atoms with Gasteiger partial charge in [-0.1, -0.05) is 18.2 Å². The third-order valence-corrected chi connectivity index (χ3v) is 2.93. The van der Waals surface area contributed by atoms with Crippen LogP contribution in [0.15, 0.2) is 57.7 Å². The first kappa shape index (κ1) is 13.0. The fraction of sp³-hybridized carbons (Fsp3) is 0.0667. The Hall–Kier alpha value is -3.02. The van der Waals surface area contributed by atoms with Crippen molar-refractivity contribution < 1.29 is 9.21 Å². The summed E-state index contributed by atoms with van der Waals surface area (Å²) in [4.78, 5) is 25.5. The minimum atomic E-state index is -0.515. The molecular weight excluding hydrogens is 270 g/mol. The lowest BCUT2D eigenvalue weighted by Crippen LogP contribution is -2.21. The van der Waals surface area contributed by atoms with Gasteiger partial charge in [-0.25, -0.2) is 4.79 Å². The van der Waals surface area contributed by atoms with Crippen molar-refractivity contribution in [2.75, 3.05) is 17.2 Å². The Labute approximate surface area is 119 Å². The molecule has 0 radical (unpaired) electrons. The third kappa shape index (κ3) is 3.11. The highest BCUT2D eigenvalue weighted by molar-refractivity contribution is 5.95. The highest BCUT2D eigenvalue weighted by Crippen LogP contribution is 2.16. The van der Waals surface area contributed by atoms with Crippen LogP contribution in [0.5, 0.6) is 0 Å². The molecule has 0 bridgehead atoms. The van der Waals surface area contributed by atoms with Gasteiger partial charge in [0.05, 0.1) is 12.1 Å². The molecule has 0 saturated heterocycles. The minimum absolute atomic E-state index is 0.157. The van der Waals surface area contributed by atoms with E-state index in [0.717, 1.165) is 5.69 Å². The fourth-order valence-electron chi connectivity index (χ4n) is 1.97. The Morgan fingerprint density at radius 2 is 1.90 bits per heavy atom. The molecule has 0 spiro atoms. The van der Waals surface area contributed by atoms with Crippen LogP contribution in [0.4, 0.5) is 11.4 Å². The van der Waals surface area contributed by atoms with Crippen LogP contribution in [0, 0.1) is 0 Å². The molecule has 3 rings (SSSR count). The number of aromatic nitrogens is 1. The number of hydrogen-bond donors (Lipinski definition) is 3. The summed E-state index contributed by atoms with van der Waals surface area (Å²) >= 11 is 0. The number of hydrogen-bond acceptors (Lipinski definition) is 4. The number of rotatable bonds is 4. The molecule has 0 aliphatic heterocycles. The van der Waals surface area contributed by atoms with Gasteiger partial charge < -0.3 is 15.1 Å². The van der Waals surface area contributed by atoms with Crippen molar-refractivity contribution in [1.29, 1.82) is 0 Å². The number of carbonyl (C=O) groups is 1. The second-order valence-corrected chi connectivity index (χ2v) is 4.49. The number of nitrogens with one attached hydrogen (secondary N) is 3. The van der Waals surface area contributed by atoms with E-state index in [9.17, 15) is 9.59 Å². The summed E-state index contributed by atoms with van der Waals surface area (Å²) in [6.07, 6.45) is 0. The lowest BCUT2D eigenvalue weighted by Gasteiger charge is -2.07. The number of aromatic amines is 1. The van der Waals surface area contributed by atoms with E-state index in [-0.39, 0.29) is 12.5 Å². The van der Waals surface area contributed by atoms with Crippen molar-refractivity contribution in [1.82, 2.24) is 4.98 Å². The molecule has 0 unspecified atom stereocenters. The van der Waals surface area contributed by atoms with E-state index in [1.165, 1.54) is 0 Å². The molecule has 2 aromatic carbocycles. The minimum Gasteiger partial charge on any atom is -0.408 e. The number of oxazole rings is 1. The Balaban J connectivity index is 1.64. The van der Waals surface area contributed by atoms with Crippen LogP contribution >= 0.6 is 0 Å². The van der Waals surface area contributed by atoms with Gasteiger partial charge in [0.15, 0.2) is 5.58 Å². The predicted octanol–water partition coefficient (Wildman–Crippen LogP) is 2.17. The number of H-pyrrole nitrogens is 1. The molecule has 0 atom stereocenters. The molecule has 1 amide bonds. The first-order chi connectivity index (χ1) is 10.2. The first-order valence-electron chi connectivity index (χ1n) is 6.42. The second kappa shape index (κ2) is 5.54. The molecule has 0 saturated carbocycles. The standard InChI is InChI=1S/C15H13N3O3/c19-14(9-16-10-4-2-1-3-5-10)17-11-6-7-13-12(8-11)18-15(20)21-13/h1-8,16H,9H2,(H,17,19)(H,18,20). The lowest BCUT2D eigenvalue weighted by molar-refractivity contribution is -0.114. The maximum atomic E-state index is 11.9. The molecule has 0 fully saturated rings. The van der Waals surface area contributed by atoms with E-state index < -0.39 is 5.76 Å². The highest BCUT2D eigenvalue weighted by atomic mass is 16.4. The zero-order valence-electron chi connectivity index (χ0n) is 11.1. The van der Waals surface area contributed by atoms with E-state index in [2.05, 4.69) is 15.6 Å². The molecule has 1 heterocycles. The largest absolute Gasteiger partial charge is 0.417 e. The fourth-order valence-corrected chi connectivity index (χ4v) is 1.97. The summed E-state index contributed by atoms with van der Waals surface area (Å²) in [6.45, 7) is 0.157. The smallest absolute Gasteiger partial charge is 0.408 e. The average Bonchev–Trinajstić information content (AvgIpc) is 2.85. The third-order valence-electron chi connectivity index (χ3n) is 2.93. The van der Waals surface area contributed by atoms with Crippen LogP contribution in [0.25, 0.3) is 11.1 Å². The SMILES string of the molecule is O=C(CNc1ccccc1)Nc1ccc2oc(=O)[nH]c2c1. The number of anilines is 2. The van der Waals surface area contributed by atoms with Crippen molar-refractivity contribution >= 4 is 28.4 Å². The van der Waals surface area contributed by atoms with Crippen molar-refractivity contribution in [2.24, 2.45) is 0 Å². The first-order valence-corrected chi connectivity index (χ1v) is 6.42. The molecule has 6 nitrogen and oxygen atoms in total. The average molecular weight is 283 g/mol. The molecule has 6 heteroatoms. The molecule has 3 aromatic rings. The quantitative estimate of drug-likeness (QED) is 0.685. The lowest BCUT2D eigenvalue weighted by atomic mass is 10.3. The van der Waals surface area contributed by atoms with Gasteiger partial charge in [-0.2, -0.15) is 0 Å². The molecule has 106 valence electrons. The highest BCUT2D eigenvalue weighted by Gasteiger charge is 2.05. The van der Waals surface area contributed by atoms with Crippen LogP contribution in [0.1, 0.15) is 0 Å². The van der Waals surface area contributed by atoms with Gasteiger partial charge in [-0.15, -0.1) is 0 Å². The molecular formula is C15H13N3O3. The number of benzene rings is 2. The Bertz CT molecular complexity index is 821. The van der Waals surface area contributed by atoms with Crippen molar-refractivity contribution in [3.63, 3.8) is 0 Å². The number of carbonyl (C=O) groups excluding carboxylic acids is 1. The van der Waals surface area contributed by atoms with Gasteiger partial charge in [0.1, 0.15) is 0 Å². The van der Waals surface area contributed by atoms with Gasteiger partial charge in [0.2, 0.25) is 5.91 Å². The van der Waals surface area contributed by atoms with Gasteiger partial charge >= 0.3 is 5.76 Å². The molecule has 21 heavy (non-hydrogen) atoms. The van der Waals surface area contributed by atoms with Crippen LogP contribution in [0.3, 0.4) is 0 Å². The number of fused-ring (bicyclic) bond motifs is 1. The number of amides is 1. The monoisotopic (exact) mass is 283 g/mol. The second-order valence-electron chi connectivity index (χ2n) is 4.49. The Morgan fingerprint density at radius 3 is 2.71 bits per heavy atom. The topological polar surface area (TPSA) is 87.1 Å². The molecule has 1 aromatic heterocycles. The van der Waals surface area contributed by atoms with E-state index in [1.807, 2.05) is 30.3 Å². The van der Waals surface area contributed by atoms with Crippen LogP contribution in [-0.2, 0) is 4.79 Å². The van der Waals surface area contributed by atoms with Crippen molar-refractivity contribution in [3.05, 3.63) is 59.1 Å². The maximum absolute atomic E-state index is 11.9. The van der Waals surface area contributed by atoms with E-state index >= 15 is 0 Å². The van der Waals surface area contributed by atoms with Gasteiger partial charge in [-0.3, -0.25) is 9.78 Å². The summed E-state index contributed by atoms with van der Waals surface area (Å²) in [5.41, 5.74) is 2.48. The van der Waals surface area contributed by atoms with Crippen LogP contribution < -0.4 is 16.4 Å². The predicted molar refractivity (Wildman–Crippen MR) is 80.4 cm³/mol. The zero-order valence-corrected chi connectivity index (χ0v) is 11.1. The van der Waals surface area contributed by atoms with Gasteiger partial charge in [0.25, 0.3) is 0 Å². The molecule has 0 aliphatic carbocycles. The van der Waals surface area contributed by atoms with Gasteiger partial charge in [-0.05, 0) is 30.3 Å².